The van der Waals surface area contributed by atoms with Gasteiger partial charge >= 0.3 is 5.69 Å². The molecule has 1 aromatic carbocycles. The van der Waals surface area contributed by atoms with E-state index in [2.05, 4.69) is 15.3 Å². The fourth-order valence-corrected chi connectivity index (χ4v) is 3.82. The van der Waals surface area contributed by atoms with Gasteiger partial charge in [0, 0.05) is 26.0 Å². The van der Waals surface area contributed by atoms with Gasteiger partial charge in [-0.1, -0.05) is 37.7 Å². The Morgan fingerprint density at radius 2 is 1.93 bits per heavy atom. The molecule has 0 bridgehead atoms. The van der Waals surface area contributed by atoms with E-state index in [1.54, 1.807) is 7.05 Å². The van der Waals surface area contributed by atoms with Crippen LogP contribution in [-0.2, 0) is 13.6 Å². The number of anilines is 2. The quantitative estimate of drug-likeness (QED) is 0.331. The second-order valence-corrected chi connectivity index (χ2v) is 8.19. The highest BCUT2D eigenvalue weighted by Gasteiger charge is 2.22. The van der Waals surface area contributed by atoms with Crippen LogP contribution in [0.2, 0.25) is 0 Å². The lowest BCUT2D eigenvalue weighted by Gasteiger charge is -2.16. The molecule has 0 unspecified atom stereocenters. The first-order valence-electron chi connectivity index (χ1n) is 9.44. The normalized spacial score (nSPS) is 11.2. The first-order valence-corrected chi connectivity index (χ1v) is 10.4. The molecule has 0 amide bonds. The van der Waals surface area contributed by atoms with Crippen LogP contribution < -0.4 is 22.3 Å². The van der Waals surface area contributed by atoms with Crippen molar-refractivity contribution < 1.29 is 4.79 Å². The van der Waals surface area contributed by atoms with Crippen LogP contribution in [0.1, 0.15) is 24.2 Å². The zero-order valence-corrected chi connectivity index (χ0v) is 18.1. The number of hydrogen-bond donors (Lipinski definition) is 2. The van der Waals surface area contributed by atoms with Crippen molar-refractivity contribution in [3.63, 3.8) is 0 Å². The minimum Gasteiger partial charge on any atom is -0.384 e. The molecule has 158 valence electrons. The summed E-state index contributed by atoms with van der Waals surface area (Å²) >= 11 is 1.11. The second-order valence-electron chi connectivity index (χ2n) is 7.25. The van der Waals surface area contributed by atoms with E-state index in [1.807, 2.05) is 38.1 Å². The molecule has 30 heavy (non-hydrogen) atoms. The van der Waals surface area contributed by atoms with Crippen LogP contribution >= 0.6 is 11.8 Å². The lowest BCUT2D eigenvalue weighted by molar-refractivity contribution is 0.102. The highest BCUT2D eigenvalue weighted by Crippen LogP contribution is 2.24. The van der Waals surface area contributed by atoms with Crippen LogP contribution in [0.25, 0.3) is 10.9 Å². The Kier molecular flexibility index (Phi) is 6.25. The number of carbonyl (C=O) groups excluding carboxylic acids is 1. The minimum absolute atomic E-state index is 0.0825. The van der Waals surface area contributed by atoms with Crippen molar-refractivity contribution >= 4 is 40.1 Å². The fraction of sp³-hybridized carbons (Fsp3) is 0.350. The number of nitrogens with two attached hydrogens (primary N) is 1. The molecule has 2 heterocycles. The van der Waals surface area contributed by atoms with Gasteiger partial charge in [-0.15, -0.1) is 0 Å². The molecular formula is C20H24N6O3S. The van der Waals surface area contributed by atoms with E-state index in [9.17, 15) is 14.4 Å². The molecule has 2 aromatic heterocycles. The molecule has 9 nitrogen and oxygen atoms in total. The third kappa shape index (κ3) is 4.09. The summed E-state index contributed by atoms with van der Waals surface area (Å²) in [6.07, 6.45) is 0. The second kappa shape index (κ2) is 8.70. The van der Waals surface area contributed by atoms with Crippen molar-refractivity contribution in [3.05, 3.63) is 50.7 Å². The van der Waals surface area contributed by atoms with E-state index in [1.165, 1.54) is 11.6 Å². The Bertz CT molecular complexity index is 1230. The van der Waals surface area contributed by atoms with Gasteiger partial charge in [-0.2, -0.15) is 0 Å². The maximum Gasteiger partial charge on any atom is 0.332 e. The minimum atomic E-state index is -0.696. The van der Waals surface area contributed by atoms with E-state index >= 15 is 0 Å². The molecule has 3 rings (SSSR count). The van der Waals surface area contributed by atoms with Gasteiger partial charge < -0.3 is 11.1 Å². The van der Waals surface area contributed by atoms with Gasteiger partial charge in [0.2, 0.25) is 0 Å². The number of fused-ring (bicyclic) bond motifs is 1. The predicted octanol–water partition coefficient (Wildman–Crippen LogP) is 1.75. The monoisotopic (exact) mass is 428 g/mol. The Morgan fingerprint density at radius 3 is 2.60 bits per heavy atom. The van der Waals surface area contributed by atoms with E-state index in [4.69, 9.17) is 5.73 Å². The van der Waals surface area contributed by atoms with Crippen molar-refractivity contribution in [1.82, 2.24) is 19.1 Å². The molecule has 0 aliphatic carbocycles. The molecule has 0 aliphatic rings. The number of rotatable bonds is 7. The van der Waals surface area contributed by atoms with Crippen molar-refractivity contribution in [1.29, 1.82) is 0 Å². The van der Waals surface area contributed by atoms with E-state index in [-0.39, 0.29) is 23.1 Å². The summed E-state index contributed by atoms with van der Waals surface area (Å²) in [6.45, 7) is 4.15. The summed E-state index contributed by atoms with van der Waals surface area (Å²) in [6, 6.07) is 7.53. The first-order chi connectivity index (χ1) is 14.2. The van der Waals surface area contributed by atoms with E-state index < -0.39 is 17.0 Å². The van der Waals surface area contributed by atoms with Crippen LogP contribution in [0.3, 0.4) is 0 Å². The maximum absolute atomic E-state index is 12.9. The number of thioether (sulfide) groups is 1. The molecule has 3 N–H and O–H groups in total. The number of hydrogen-bond acceptors (Lipinski definition) is 8. The predicted molar refractivity (Wildman–Crippen MR) is 119 cm³/mol. The topological polar surface area (TPSA) is 125 Å². The maximum atomic E-state index is 12.9. The Morgan fingerprint density at radius 1 is 1.23 bits per heavy atom. The molecule has 0 fully saturated rings. The van der Waals surface area contributed by atoms with Crippen LogP contribution in [0.4, 0.5) is 11.6 Å². The van der Waals surface area contributed by atoms with Gasteiger partial charge in [-0.25, -0.2) is 14.8 Å². The molecular weight excluding hydrogens is 404 g/mol. The van der Waals surface area contributed by atoms with E-state index in [0.717, 1.165) is 27.2 Å². The zero-order valence-electron chi connectivity index (χ0n) is 17.3. The number of nitrogen functional groups attached to an aromatic ring is 1. The Hall–Kier alpha value is -3.14. The van der Waals surface area contributed by atoms with Crippen LogP contribution in [0, 0.1) is 5.92 Å². The highest BCUT2D eigenvalue weighted by atomic mass is 32.2. The van der Waals surface area contributed by atoms with Gasteiger partial charge in [-0.3, -0.25) is 18.7 Å². The summed E-state index contributed by atoms with van der Waals surface area (Å²) in [7, 11) is 3.10. The van der Waals surface area contributed by atoms with Gasteiger partial charge in [0.25, 0.3) is 5.56 Å². The summed E-state index contributed by atoms with van der Waals surface area (Å²) in [4.78, 5) is 46.8. The van der Waals surface area contributed by atoms with Gasteiger partial charge in [0.15, 0.2) is 10.9 Å². The number of carbonyl (C=O) groups is 1. The number of aromatic nitrogens is 4. The van der Waals surface area contributed by atoms with Crippen molar-refractivity contribution in [2.24, 2.45) is 13.0 Å². The number of nitrogens with zero attached hydrogens (tertiary/aromatic N) is 4. The zero-order chi connectivity index (χ0) is 22.0. The Labute approximate surface area is 177 Å². The number of Topliss-reactive ketones (excluding diaryl/α,β-unsaturated/α-hetero) is 1. The van der Waals surface area contributed by atoms with Crippen LogP contribution in [0.5, 0.6) is 0 Å². The third-order valence-electron chi connectivity index (χ3n) is 4.56. The molecule has 0 aliphatic heterocycles. The molecule has 0 atom stereocenters. The number of nitrogens with one attached hydrogen (secondary N) is 1. The summed E-state index contributed by atoms with van der Waals surface area (Å²) in [5, 5.41) is 4.30. The average molecular weight is 429 g/mol. The van der Waals surface area contributed by atoms with Crippen LogP contribution in [0.15, 0.2) is 39.0 Å². The number of ketones is 1. The van der Waals surface area contributed by atoms with Gasteiger partial charge in [-0.05, 0) is 18.1 Å². The first kappa shape index (κ1) is 21.6. The van der Waals surface area contributed by atoms with E-state index in [0.29, 0.717) is 17.5 Å². The lowest BCUT2D eigenvalue weighted by Crippen LogP contribution is -2.43. The summed E-state index contributed by atoms with van der Waals surface area (Å²) in [5.41, 5.74) is 5.40. The molecule has 0 spiro atoms. The van der Waals surface area contributed by atoms with Crippen LogP contribution in [-0.4, -0.2) is 37.7 Å². The third-order valence-corrected chi connectivity index (χ3v) is 5.41. The molecule has 3 aromatic rings. The van der Waals surface area contributed by atoms with Crippen molar-refractivity contribution in [3.8, 4) is 0 Å². The summed E-state index contributed by atoms with van der Waals surface area (Å²) < 4.78 is 2.19. The number of para-hydroxylation sites is 1. The van der Waals surface area contributed by atoms with Crippen molar-refractivity contribution in [2.75, 3.05) is 23.9 Å². The van der Waals surface area contributed by atoms with Gasteiger partial charge in [0.1, 0.15) is 17.2 Å². The lowest BCUT2D eigenvalue weighted by atomic mass is 10.2. The highest BCUT2D eigenvalue weighted by molar-refractivity contribution is 7.99. The largest absolute Gasteiger partial charge is 0.384 e. The molecule has 10 heteroatoms. The van der Waals surface area contributed by atoms with Gasteiger partial charge in [0.05, 0.1) is 11.3 Å². The summed E-state index contributed by atoms with van der Waals surface area (Å²) in [5.74, 6) is 0.110. The number of benzene rings is 1. The fourth-order valence-electron chi connectivity index (χ4n) is 3.10. The SMILES string of the molecule is CNc1nc(SCC(=O)c2c(N)n(CC(C)C)c(=O)n(C)c2=O)nc2ccccc12. The average Bonchev–Trinajstić information content (AvgIpc) is 2.73. The Balaban J connectivity index is 1.94. The standard InChI is InChI=1S/C20H24N6O3S/c1-11(2)9-26-16(21)15(18(28)25(4)20(26)29)14(27)10-30-19-23-13-8-6-5-7-12(13)17(22-3)24-19/h5-8,11H,9-10,21H2,1-4H3,(H,22,23,24). The molecule has 0 saturated carbocycles. The van der Waals surface area contributed by atoms with Crippen molar-refractivity contribution in [2.45, 2.75) is 25.5 Å². The smallest absolute Gasteiger partial charge is 0.332 e. The molecule has 0 saturated heterocycles. The molecule has 0 radical (unpaired) electrons.